The Balaban J connectivity index is 2.29. The zero-order valence-electron chi connectivity index (χ0n) is 9.14. The smallest absolute Gasteiger partial charge is 0.254 e. The predicted octanol–water partition coefficient (Wildman–Crippen LogP) is 1.91. The van der Waals surface area contributed by atoms with Gasteiger partial charge in [0, 0.05) is 14.2 Å². The number of hydrogen-bond donors (Lipinski definition) is 0. The summed E-state index contributed by atoms with van der Waals surface area (Å²) in [6.07, 6.45) is 0. The van der Waals surface area contributed by atoms with E-state index < -0.39 is 0 Å². The normalized spacial score (nSPS) is 10.6. The van der Waals surface area contributed by atoms with Gasteiger partial charge in [0.05, 0.1) is 10.2 Å². The molecule has 2 rings (SSSR count). The van der Waals surface area contributed by atoms with Crippen LogP contribution in [0.2, 0.25) is 0 Å². The largest absolute Gasteiger partial charge is 0.375 e. The Morgan fingerprint density at radius 1 is 1.50 bits per heavy atom. The molecule has 0 atom stereocenters. The van der Waals surface area contributed by atoms with E-state index in [-0.39, 0.29) is 12.5 Å². The van der Waals surface area contributed by atoms with Crippen LogP contribution in [0.5, 0.6) is 0 Å². The lowest BCUT2D eigenvalue weighted by Crippen LogP contribution is -2.29. The van der Waals surface area contributed by atoms with E-state index in [1.807, 2.05) is 24.3 Å². The van der Waals surface area contributed by atoms with Gasteiger partial charge < -0.3 is 4.74 Å². The molecule has 0 aliphatic heterocycles. The number of benzene rings is 1. The molecule has 0 unspecified atom stereocenters. The van der Waals surface area contributed by atoms with Gasteiger partial charge in [-0.2, -0.15) is 0 Å². The van der Waals surface area contributed by atoms with Crippen molar-refractivity contribution >= 4 is 32.6 Å². The number of ether oxygens (including phenoxy) is 1. The number of carbonyl (C=O) groups excluding carboxylic acids is 1. The third kappa shape index (κ3) is 2.05. The lowest BCUT2D eigenvalue weighted by atomic mass is 10.3. The zero-order valence-corrected chi connectivity index (χ0v) is 9.95. The maximum atomic E-state index is 11.6. The molecule has 5 heteroatoms. The number of hydrogen-bond acceptors (Lipinski definition) is 4. The summed E-state index contributed by atoms with van der Waals surface area (Å²) in [4.78, 5) is 17.5. The first kappa shape index (κ1) is 11.0. The van der Waals surface area contributed by atoms with E-state index in [1.54, 1.807) is 7.05 Å². The van der Waals surface area contributed by atoms with Crippen LogP contribution in [0.3, 0.4) is 0 Å². The minimum atomic E-state index is -0.0958. The van der Waals surface area contributed by atoms with E-state index in [1.165, 1.54) is 23.3 Å². The van der Waals surface area contributed by atoms with Gasteiger partial charge in [-0.15, -0.1) is 0 Å². The van der Waals surface area contributed by atoms with Gasteiger partial charge in [0.2, 0.25) is 0 Å². The van der Waals surface area contributed by atoms with Gasteiger partial charge in [-0.05, 0) is 12.1 Å². The van der Waals surface area contributed by atoms with Gasteiger partial charge in [-0.25, -0.2) is 4.98 Å². The van der Waals surface area contributed by atoms with Crippen LogP contribution in [-0.2, 0) is 9.53 Å². The van der Waals surface area contributed by atoms with E-state index in [4.69, 9.17) is 4.74 Å². The van der Waals surface area contributed by atoms with Crippen molar-refractivity contribution in [3.63, 3.8) is 0 Å². The Hall–Kier alpha value is -1.46. The van der Waals surface area contributed by atoms with Crippen molar-refractivity contribution in [3.05, 3.63) is 24.3 Å². The average Bonchev–Trinajstić information content (AvgIpc) is 2.71. The van der Waals surface area contributed by atoms with Crippen LogP contribution in [-0.4, -0.2) is 31.7 Å². The zero-order chi connectivity index (χ0) is 11.5. The quantitative estimate of drug-likeness (QED) is 0.817. The van der Waals surface area contributed by atoms with Crippen LogP contribution >= 0.6 is 11.3 Å². The number of nitrogens with zero attached hydrogens (tertiary/aromatic N) is 2. The number of rotatable bonds is 3. The van der Waals surface area contributed by atoms with Crippen molar-refractivity contribution < 1.29 is 9.53 Å². The molecule has 16 heavy (non-hydrogen) atoms. The molecule has 0 N–H and O–H groups in total. The monoisotopic (exact) mass is 236 g/mol. The van der Waals surface area contributed by atoms with Crippen LogP contribution in [0.1, 0.15) is 0 Å². The van der Waals surface area contributed by atoms with E-state index in [9.17, 15) is 4.79 Å². The second-order valence-corrected chi connectivity index (χ2v) is 4.36. The summed E-state index contributed by atoms with van der Waals surface area (Å²) < 4.78 is 5.88. The second kappa shape index (κ2) is 4.59. The highest BCUT2D eigenvalue weighted by Crippen LogP contribution is 2.27. The summed E-state index contributed by atoms with van der Waals surface area (Å²) in [7, 11) is 3.21. The molecule has 2 aromatic rings. The third-order valence-electron chi connectivity index (χ3n) is 2.21. The number of aromatic nitrogens is 1. The van der Waals surface area contributed by atoms with Crippen molar-refractivity contribution in [1.29, 1.82) is 0 Å². The number of methoxy groups -OCH3 is 1. The molecule has 0 radical (unpaired) electrons. The van der Waals surface area contributed by atoms with Crippen LogP contribution < -0.4 is 4.90 Å². The summed E-state index contributed by atoms with van der Waals surface area (Å²) >= 11 is 1.50. The highest BCUT2D eigenvalue weighted by molar-refractivity contribution is 7.22. The van der Waals surface area contributed by atoms with Gasteiger partial charge >= 0.3 is 0 Å². The van der Waals surface area contributed by atoms with E-state index in [0.717, 1.165) is 10.2 Å². The van der Waals surface area contributed by atoms with Gasteiger partial charge in [0.25, 0.3) is 5.91 Å². The fourth-order valence-corrected chi connectivity index (χ4v) is 2.27. The van der Waals surface area contributed by atoms with Crippen molar-refractivity contribution in [2.24, 2.45) is 0 Å². The first-order valence-corrected chi connectivity index (χ1v) is 5.65. The SMILES string of the molecule is COCC(=O)N(C)c1nc2ccccc2s1. The molecule has 0 saturated carbocycles. The molecule has 0 bridgehead atoms. The summed E-state index contributed by atoms with van der Waals surface area (Å²) in [5.74, 6) is -0.0958. The molecular formula is C11H12N2O2S. The lowest BCUT2D eigenvalue weighted by molar-refractivity contribution is -0.121. The van der Waals surface area contributed by atoms with E-state index in [2.05, 4.69) is 4.98 Å². The average molecular weight is 236 g/mol. The Morgan fingerprint density at radius 3 is 2.94 bits per heavy atom. The second-order valence-electron chi connectivity index (χ2n) is 3.35. The van der Waals surface area contributed by atoms with Crippen molar-refractivity contribution in [1.82, 2.24) is 4.98 Å². The highest BCUT2D eigenvalue weighted by Gasteiger charge is 2.14. The first-order chi connectivity index (χ1) is 7.72. The van der Waals surface area contributed by atoms with Gasteiger partial charge in [0.15, 0.2) is 5.13 Å². The molecule has 1 heterocycles. The molecule has 4 nitrogen and oxygen atoms in total. The van der Waals surface area contributed by atoms with Crippen LogP contribution in [0.15, 0.2) is 24.3 Å². The molecule has 0 aliphatic carbocycles. The van der Waals surface area contributed by atoms with Crippen molar-refractivity contribution in [2.75, 3.05) is 25.7 Å². The number of amides is 1. The maximum absolute atomic E-state index is 11.6. The number of para-hydroxylation sites is 1. The van der Waals surface area contributed by atoms with Crippen LogP contribution in [0, 0.1) is 0 Å². The van der Waals surface area contributed by atoms with Gasteiger partial charge in [-0.1, -0.05) is 23.5 Å². The highest BCUT2D eigenvalue weighted by atomic mass is 32.1. The summed E-state index contributed by atoms with van der Waals surface area (Å²) in [6.45, 7) is 0.0758. The van der Waals surface area contributed by atoms with Gasteiger partial charge in [0.1, 0.15) is 6.61 Å². The summed E-state index contributed by atoms with van der Waals surface area (Å²) in [5, 5.41) is 0.697. The lowest BCUT2D eigenvalue weighted by Gasteiger charge is -2.12. The summed E-state index contributed by atoms with van der Waals surface area (Å²) in [5.41, 5.74) is 0.916. The van der Waals surface area contributed by atoms with Crippen molar-refractivity contribution in [2.45, 2.75) is 0 Å². The maximum Gasteiger partial charge on any atom is 0.254 e. The minimum Gasteiger partial charge on any atom is -0.375 e. The fourth-order valence-electron chi connectivity index (χ4n) is 1.33. The van der Waals surface area contributed by atoms with E-state index in [0.29, 0.717) is 5.13 Å². The first-order valence-electron chi connectivity index (χ1n) is 4.83. The predicted molar refractivity (Wildman–Crippen MR) is 64.9 cm³/mol. The Kier molecular flexibility index (Phi) is 3.17. The topological polar surface area (TPSA) is 42.4 Å². The van der Waals surface area contributed by atoms with Crippen LogP contribution in [0.25, 0.3) is 10.2 Å². The van der Waals surface area contributed by atoms with Gasteiger partial charge in [-0.3, -0.25) is 9.69 Å². The third-order valence-corrected chi connectivity index (χ3v) is 3.32. The molecule has 0 fully saturated rings. The number of anilines is 1. The number of fused-ring (bicyclic) bond motifs is 1. The fraction of sp³-hybridized carbons (Fsp3) is 0.273. The molecule has 1 amide bonds. The molecule has 1 aromatic heterocycles. The number of thiazole rings is 1. The molecule has 0 saturated heterocycles. The molecular weight excluding hydrogens is 224 g/mol. The molecule has 84 valence electrons. The molecule has 0 aliphatic rings. The standard InChI is InChI=1S/C11H12N2O2S/c1-13(10(14)7-15-2)11-12-8-5-3-4-6-9(8)16-11/h3-6H,7H2,1-2H3. The molecule has 0 spiro atoms. The number of likely N-dealkylation sites (N-methyl/N-ethyl adjacent to an activating group) is 1. The Bertz CT molecular complexity index is 476. The Morgan fingerprint density at radius 2 is 2.25 bits per heavy atom. The summed E-state index contributed by atoms with van der Waals surface area (Å²) in [6, 6.07) is 7.82. The van der Waals surface area contributed by atoms with E-state index >= 15 is 0 Å². The van der Waals surface area contributed by atoms with Crippen LogP contribution in [0.4, 0.5) is 5.13 Å². The van der Waals surface area contributed by atoms with Crippen molar-refractivity contribution in [3.8, 4) is 0 Å². The molecule has 1 aromatic carbocycles. The number of carbonyl (C=O) groups is 1. The minimum absolute atomic E-state index is 0.0758. The Labute approximate surface area is 97.5 Å².